The van der Waals surface area contributed by atoms with Gasteiger partial charge < -0.3 is 5.11 Å². The molecule has 0 saturated carbocycles. The van der Waals surface area contributed by atoms with Crippen molar-refractivity contribution in [1.82, 2.24) is 0 Å². The Balaban J connectivity index is 2.33. The van der Waals surface area contributed by atoms with Crippen molar-refractivity contribution in [2.45, 2.75) is 51.6 Å². The van der Waals surface area contributed by atoms with Gasteiger partial charge in [-0.25, -0.2) is 0 Å². The summed E-state index contributed by atoms with van der Waals surface area (Å²) < 4.78 is 0. The number of carbonyl (C=O) groups excluding carboxylic acids is 1. The van der Waals surface area contributed by atoms with E-state index in [1.54, 1.807) is 13.0 Å². The second-order valence-corrected chi connectivity index (χ2v) is 4.36. The molecular weight excluding hydrogens is 176 g/mol. The highest BCUT2D eigenvalue weighted by atomic mass is 16.3. The average Bonchev–Trinajstić information content (AvgIpc) is 2.38. The zero-order valence-electron chi connectivity index (χ0n) is 9.12. The Bertz CT molecular complexity index is 228. The van der Waals surface area contributed by atoms with Gasteiger partial charge in [-0.15, -0.1) is 0 Å². The zero-order chi connectivity index (χ0) is 10.6. The van der Waals surface area contributed by atoms with E-state index in [2.05, 4.69) is 6.92 Å². The maximum Gasteiger partial charge on any atom is 0.161 e. The summed E-state index contributed by atoms with van der Waals surface area (Å²) in [5.74, 6) is -0.106. The number of carbonyl (C=O) groups is 1. The van der Waals surface area contributed by atoms with Crippen LogP contribution in [0.5, 0.6) is 0 Å². The van der Waals surface area contributed by atoms with Crippen LogP contribution in [0.4, 0.5) is 0 Å². The molecule has 2 unspecified atom stereocenters. The first kappa shape index (κ1) is 11.4. The summed E-state index contributed by atoms with van der Waals surface area (Å²) in [6, 6.07) is 0. The molecule has 1 N–H and O–H groups in total. The number of rotatable bonds is 5. The normalized spacial score (nSPS) is 31.4. The van der Waals surface area contributed by atoms with Gasteiger partial charge in [0.2, 0.25) is 0 Å². The average molecular weight is 196 g/mol. The van der Waals surface area contributed by atoms with Crippen LogP contribution in [0, 0.1) is 5.92 Å². The van der Waals surface area contributed by atoms with Crippen LogP contribution in [-0.2, 0) is 4.79 Å². The van der Waals surface area contributed by atoms with Crippen LogP contribution < -0.4 is 0 Å². The minimum atomic E-state index is -0.900. The first-order chi connectivity index (χ1) is 6.58. The van der Waals surface area contributed by atoms with Crippen molar-refractivity contribution in [3.8, 4) is 0 Å². The van der Waals surface area contributed by atoms with Gasteiger partial charge in [-0.05, 0) is 25.5 Å². The monoisotopic (exact) mass is 196 g/mol. The Labute approximate surface area is 86.0 Å². The Morgan fingerprint density at radius 3 is 2.64 bits per heavy atom. The third-order valence-corrected chi connectivity index (χ3v) is 2.98. The second-order valence-electron chi connectivity index (χ2n) is 4.36. The summed E-state index contributed by atoms with van der Waals surface area (Å²) in [5, 5.41) is 9.87. The third-order valence-electron chi connectivity index (χ3n) is 2.98. The number of ketones is 1. The lowest BCUT2D eigenvalue weighted by molar-refractivity contribution is -0.122. The molecule has 0 aromatic carbocycles. The van der Waals surface area contributed by atoms with Crippen molar-refractivity contribution in [2.75, 3.05) is 0 Å². The maximum atomic E-state index is 11.4. The molecule has 14 heavy (non-hydrogen) atoms. The number of unbranched alkanes of at least 4 members (excludes halogenated alkanes) is 3. The van der Waals surface area contributed by atoms with Crippen molar-refractivity contribution < 1.29 is 9.90 Å². The highest BCUT2D eigenvalue weighted by Crippen LogP contribution is 2.30. The molecule has 0 bridgehead atoms. The van der Waals surface area contributed by atoms with Crippen LogP contribution in [0.15, 0.2) is 12.2 Å². The van der Waals surface area contributed by atoms with E-state index in [1.807, 2.05) is 0 Å². The predicted molar refractivity (Wildman–Crippen MR) is 57.0 cm³/mol. The molecule has 2 heteroatoms. The van der Waals surface area contributed by atoms with Crippen LogP contribution in [-0.4, -0.2) is 16.5 Å². The quantitative estimate of drug-likeness (QED) is 0.686. The van der Waals surface area contributed by atoms with Crippen LogP contribution in [0.25, 0.3) is 0 Å². The molecule has 0 heterocycles. The van der Waals surface area contributed by atoms with E-state index in [0.717, 1.165) is 19.3 Å². The zero-order valence-corrected chi connectivity index (χ0v) is 9.12. The fourth-order valence-corrected chi connectivity index (χ4v) is 1.98. The lowest BCUT2D eigenvalue weighted by atomic mass is 9.87. The Morgan fingerprint density at radius 1 is 1.43 bits per heavy atom. The van der Waals surface area contributed by atoms with Crippen molar-refractivity contribution >= 4 is 5.78 Å². The molecule has 0 aromatic heterocycles. The van der Waals surface area contributed by atoms with Gasteiger partial charge in [0.1, 0.15) is 0 Å². The lowest BCUT2D eigenvalue weighted by Crippen LogP contribution is -2.32. The van der Waals surface area contributed by atoms with Crippen molar-refractivity contribution in [3.63, 3.8) is 0 Å². The van der Waals surface area contributed by atoms with Crippen LogP contribution in [0.1, 0.15) is 46.0 Å². The molecule has 0 radical (unpaired) electrons. The molecule has 0 spiro atoms. The maximum absolute atomic E-state index is 11.4. The van der Waals surface area contributed by atoms with Gasteiger partial charge >= 0.3 is 0 Å². The largest absolute Gasteiger partial charge is 0.385 e. The summed E-state index contributed by atoms with van der Waals surface area (Å²) in [6.07, 6.45) is 8.59. The first-order valence-electron chi connectivity index (χ1n) is 5.53. The van der Waals surface area contributed by atoms with E-state index in [1.165, 1.54) is 18.9 Å². The number of hydrogen-bond acceptors (Lipinski definition) is 2. The highest BCUT2D eigenvalue weighted by Gasteiger charge is 2.37. The molecule has 80 valence electrons. The van der Waals surface area contributed by atoms with E-state index in [-0.39, 0.29) is 11.7 Å². The summed E-state index contributed by atoms with van der Waals surface area (Å²) in [5.41, 5.74) is -0.900. The molecule has 0 fully saturated rings. The standard InChI is InChI=1S/C12H20O2/c1-3-4-5-6-7-10-11(13)8-9-12(10,2)14/h8-10,14H,3-7H2,1-2H3. The molecule has 2 atom stereocenters. The van der Waals surface area contributed by atoms with Crippen LogP contribution in [0.2, 0.25) is 0 Å². The summed E-state index contributed by atoms with van der Waals surface area (Å²) >= 11 is 0. The van der Waals surface area contributed by atoms with Crippen molar-refractivity contribution in [1.29, 1.82) is 0 Å². The molecule has 1 rings (SSSR count). The second kappa shape index (κ2) is 4.74. The van der Waals surface area contributed by atoms with Gasteiger partial charge in [-0.2, -0.15) is 0 Å². The molecule has 2 nitrogen and oxygen atoms in total. The molecule has 0 aromatic rings. The molecular formula is C12H20O2. The van der Waals surface area contributed by atoms with Gasteiger partial charge in [0.05, 0.1) is 11.5 Å². The molecule has 1 aliphatic carbocycles. The smallest absolute Gasteiger partial charge is 0.161 e. The highest BCUT2D eigenvalue weighted by molar-refractivity contribution is 5.95. The predicted octanol–water partition coefficient (Wildman–Crippen LogP) is 2.46. The van der Waals surface area contributed by atoms with Gasteiger partial charge in [-0.3, -0.25) is 4.79 Å². The number of aliphatic hydroxyl groups is 1. The third kappa shape index (κ3) is 2.68. The minimum Gasteiger partial charge on any atom is -0.385 e. The van der Waals surface area contributed by atoms with Gasteiger partial charge in [0, 0.05) is 0 Å². The fraction of sp³-hybridized carbons (Fsp3) is 0.750. The summed E-state index contributed by atoms with van der Waals surface area (Å²) in [4.78, 5) is 11.4. The van der Waals surface area contributed by atoms with E-state index in [9.17, 15) is 9.90 Å². The Hall–Kier alpha value is -0.630. The molecule has 1 aliphatic rings. The van der Waals surface area contributed by atoms with Crippen LogP contribution >= 0.6 is 0 Å². The van der Waals surface area contributed by atoms with Gasteiger partial charge in [-0.1, -0.05) is 32.6 Å². The molecule has 0 aliphatic heterocycles. The van der Waals surface area contributed by atoms with E-state index in [0.29, 0.717) is 0 Å². The molecule has 0 saturated heterocycles. The number of allylic oxidation sites excluding steroid dienone is 1. The van der Waals surface area contributed by atoms with E-state index >= 15 is 0 Å². The first-order valence-corrected chi connectivity index (χ1v) is 5.53. The Morgan fingerprint density at radius 2 is 2.14 bits per heavy atom. The fourth-order valence-electron chi connectivity index (χ4n) is 1.98. The summed E-state index contributed by atoms with van der Waals surface area (Å²) in [6.45, 7) is 3.89. The molecule has 0 amide bonds. The van der Waals surface area contributed by atoms with Gasteiger partial charge in [0.25, 0.3) is 0 Å². The topological polar surface area (TPSA) is 37.3 Å². The number of hydrogen-bond donors (Lipinski definition) is 1. The van der Waals surface area contributed by atoms with Crippen LogP contribution in [0.3, 0.4) is 0 Å². The van der Waals surface area contributed by atoms with Crippen molar-refractivity contribution in [3.05, 3.63) is 12.2 Å². The minimum absolute atomic E-state index is 0.0894. The van der Waals surface area contributed by atoms with E-state index < -0.39 is 5.60 Å². The SMILES string of the molecule is CCCCCCC1C(=O)C=CC1(C)O. The lowest BCUT2D eigenvalue weighted by Gasteiger charge is -2.23. The summed E-state index contributed by atoms with van der Waals surface area (Å²) in [7, 11) is 0. The van der Waals surface area contributed by atoms with Crippen molar-refractivity contribution in [2.24, 2.45) is 5.92 Å². The van der Waals surface area contributed by atoms with Gasteiger partial charge in [0.15, 0.2) is 5.78 Å². The van der Waals surface area contributed by atoms with E-state index in [4.69, 9.17) is 0 Å². The Kier molecular flexibility index (Phi) is 3.87.